The van der Waals surface area contributed by atoms with E-state index in [0.29, 0.717) is 18.5 Å². The molecule has 1 N–H and O–H groups in total. The minimum absolute atomic E-state index is 0.0460. The number of piperidine rings is 1. The van der Waals surface area contributed by atoms with Crippen LogP contribution < -0.4 is 5.32 Å². The summed E-state index contributed by atoms with van der Waals surface area (Å²) in [4.78, 5) is 14.8. The molecule has 0 bridgehead atoms. The number of benzene rings is 2. The largest absolute Gasteiger partial charge is 0.341 e. The number of nitriles is 1. The van der Waals surface area contributed by atoms with E-state index in [9.17, 15) is 9.18 Å². The normalized spacial score (nSPS) is 15.6. The first kappa shape index (κ1) is 20.5. The highest BCUT2D eigenvalue weighted by molar-refractivity contribution is 9.10. The number of nitrogens with zero attached hydrogens (tertiary/aromatic N) is 2. The highest BCUT2D eigenvalue weighted by Gasteiger charge is 2.36. The highest BCUT2D eigenvalue weighted by Crippen LogP contribution is 2.37. The van der Waals surface area contributed by atoms with Crippen molar-refractivity contribution in [3.8, 4) is 6.07 Å². The summed E-state index contributed by atoms with van der Waals surface area (Å²) in [5, 5.41) is 12.5. The van der Waals surface area contributed by atoms with Crippen LogP contribution in [0.3, 0.4) is 0 Å². The second-order valence-electron chi connectivity index (χ2n) is 7.42. The third-order valence-electron chi connectivity index (χ3n) is 5.44. The maximum absolute atomic E-state index is 13.4. The van der Waals surface area contributed by atoms with Gasteiger partial charge >= 0.3 is 0 Å². The summed E-state index contributed by atoms with van der Waals surface area (Å²) in [5.74, 6) is -0.219. The molecule has 0 aliphatic carbocycles. The monoisotopic (exact) mass is 443 g/mol. The third kappa shape index (κ3) is 4.78. The minimum atomic E-state index is -0.278. The van der Waals surface area contributed by atoms with E-state index in [2.05, 4.69) is 27.3 Å². The van der Waals surface area contributed by atoms with E-state index < -0.39 is 0 Å². The molecule has 0 unspecified atom stereocenters. The zero-order valence-corrected chi connectivity index (χ0v) is 17.4. The van der Waals surface area contributed by atoms with Crippen molar-refractivity contribution in [1.82, 2.24) is 10.2 Å². The van der Waals surface area contributed by atoms with Gasteiger partial charge in [0, 0.05) is 29.9 Å². The summed E-state index contributed by atoms with van der Waals surface area (Å²) in [6, 6.07) is 14.2. The molecule has 6 heteroatoms. The fraction of sp³-hybridized carbons (Fsp3) is 0.364. The quantitative estimate of drug-likeness (QED) is 0.755. The average molecular weight is 444 g/mol. The van der Waals surface area contributed by atoms with E-state index in [0.717, 1.165) is 41.5 Å². The van der Waals surface area contributed by atoms with Crippen molar-refractivity contribution >= 4 is 21.8 Å². The lowest BCUT2D eigenvalue weighted by Crippen LogP contribution is -2.43. The van der Waals surface area contributed by atoms with Gasteiger partial charge in [-0.15, -0.1) is 0 Å². The van der Waals surface area contributed by atoms with E-state index in [1.165, 1.54) is 12.1 Å². The highest BCUT2D eigenvalue weighted by atomic mass is 79.9. The molecule has 146 valence electrons. The molecule has 2 aromatic rings. The summed E-state index contributed by atoms with van der Waals surface area (Å²) < 4.78 is 14.2. The third-order valence-corrected chi connectivity index (χ3v) is 5.90. The zero-order valence-electron chi connectivity index (χ0n) is 15.8. The molecule has 1 aliphatic rings. The van der Waals surface area contributed by atoms with Gasteiger partial charge in [0.1, 0.15) is 5.82 Å². The van der Waals surface area contributed by atoms with Crippen LogP contribution in [0.1, 0.15) is 36.0 Å². The Labute approximate surface area is 173 Å². The Kier molecular flexibility index (Phi) is 6.48. The van der Waals surface area contributed by atoms with E-state index >= 15 is 0 Å². The summed E-state index contributed by atoms with van der Waals surface area (Å²) in [6.07, 6.45) is 2.07. The Morgan fingerprint density at radius 3 is 2.57 bits per heavy atom. The molecule has 0 radical (unpaired) electrons. The number of rotatable bonds is 5. The van der Waals surface area contributed by atoms with E-state index in [4.69, 9.17) is 5.26 Å². The van der Waals surface area contributed by atoms with Crippen molar-refractivity contribution in [3.05, 3.63) is 69.4 Å². The molecule has 4 nitrogen and oxygen atoms in total. The van der Waals surface area contributed by atoms with Crippen LogP contribution in [0.2, 0.25) is 0 Å². The summed E-state index contributed by atoms with van der Waals surface area (Å²) in [7, 11) is 1.79. The first-order valence-electron chi connectivity index (χ1n) is 9.32. The van der Waals surface area contributed by atoms with Gasteiger partial charge in [-0.1, -0.05) is 28.1 Å². The first-order chi connectivity index (χ1) is 13.4. The Balaban J connectivity index is 1.77. The number of halogens is 2. The van der Waals surface area contributed by atoms with Crippen LogP contribution in [0.4, 0.5) is 4.39 Å². The Morgan fingerprint density at radius 1 is 1.25 bits per heavy atom. The van der Waals surface area contributed by atoms with Crippen LogP contribution in [0.15, 0.2) is 46.9 Å². The Hall–Kier alpha value is -2.23. The molecule has 1 heterocycles. The molecule has 0 aromatic heterocycles. The second-order valence-corrected chi connectivity index (χ2v) is 8.34. The standard InChI is InChI=1S/C22H23BrFN3O/c1-27(15-17-10-16(14-25)11-19(23)12-17)21(28)13-22(6-8-26-9-7-22)18-2-4-20(24)5-3-18/h2-5,10-12,26H,6-9,13,15H2,1H3. The molecule has 1 amide bonds. The van der Waals surface area contributed by atoms with Crippen molar-refractivity contribution in [2.24, 2.45) is 0 Å². The number of amides is 1. The molecule has 1 fully saturated rings. The van der Waals surface area contributed by atoms with Gasteiger partial charge in [-0.25, -0.2) is 4.39 Å². The molecule has 2 aromatic carbocycles. The number of hydrogen-bond acceptors (Lipinski definition) is 3. The van der Waals surface area contributed by atoms with Gasteiger partial charge in [0.2, 0.25) is 5.91 Å². The van der Waals surface area contributed by atoms with Crippen LogP contribution in [0, 0.1) is 17.1 Å². The zero-order chi connectivity index (χ0) is 20.1. The second kappa shape index (κ2) is 8.85. The van der Waals surface area contributed by atoms with Crippen molar-refractivity contribution < 1.29 is 9.18 Å². The lowest BCUT2D eigenvalue weighted by molar-refractivity contribution is -0.132. The summed E-state index contributed by atoms with van der Waals surface area (Å²) in [6.45, 7) is 2.11. The molecule has 3 rings (SSSR count). The fourth-order valence-corrected chi connectivity index (χ4v) is 4.41. The molecule has 28 heavy (non-hydrogen) atoms. The Bertz CT molecular complexity index is 886. The maximum Gasteiger partial charge on any atom is 0.223 e. The van der Waals surface area contributed by atoms with Crippen molar-refractivity contribution in [3.63, 3.8) is 0 Å². The van der Waals surface area contributed by atoms with Gasteiger partial charge in [0.15, 0.2) is 0 Å². The van der Waals surface area contributed by atoms with Crippen LogP contribution in [-0.4, -0.2) is 30.9 Å². The SMILES string of the molecule is CN(Cc1cc(Br)cc(C#N)c1)C(=O)CC1(c2ccc(F)cc2)CCNCC1. The molecule has 0 atom stereocenters. The molecule has 1 aliphatic heterocycles. The lowest BCUT2D eigenvalue weighted by Gasteiger charge is -2.38. The summed E-state index contributed by atoms with van der Waals surface area (Å²) >= 11 is 3.41. The predicted molar refractivity (Wildman–Crippen MR) is 110 cm³/mol. The van der Waals surface area contributed by atoms with Gasteiger partial charge in [-0.3, -0.25) is 4.79 Å². The lowest BCUT2D eigenvalue weighted by atomic mass is 9.70. The number of nitrogens with one attached hydrogen (secondary N) is 1. The van der Waals surface area contributed by atoms with E-state index in [1.54, 1.807) is 36.2 Å². The number of carbonyl (C=O) groups excluding carboxylic acids is 1. The molecule has 1 saturated heterocycles. The van der Waals surface area contributed by atoms with Crippen LogP contribution in [0.5, 0.6) is 0 Å². The fourth-order valence-electron chi connectivity index (χ4n) is 3.87. The van der Waals surface area contributed by atoms with Crippen LogP contribution in [-0.2, 0) is 16.8 Å². The summed E-state index contributed by atoms with van der Waals surface area (Å²) in [5.41, 5.74) is 2.21. The maximum atomic E-state index is 13.4. The molecular weight excluding hydrogens is 421 g/mol. The molecular formula is C22H23BrFN3O. The van der Waals surface area contributed by atoms with E-state index in [-0.39, 0.29) is 17.1 Å². The van der Waals surface area contributed by atoms with Crippen LogP contribution in [0.25, 0.3) is 0 Å². The predicted octanol–water partition coefficient (Wildman–Crippen LogP) is 4.13. The van der Waals surface area contributed by atoms with Crippen molar-refractivity contribution in [1.29, 1.82) is 5.26 Å². The smallest absolute Gasteiger partial charge is 0.223 e. The topological polar surface area (TPSA) is 56.1 Å². The van der Waals surface area contributed by atoms with Gasteiger partial charge in [-0.05, 0) is 67.4 Å². The molecule has 0 saturated carbocycles. The van der Waals surface area contributed by atoms with Crippen molar-refractivity contribution in [2.45, 2.75) is 31.2 Å². The minimum Gasteiger partial charge on any atom is -0.341 e. The average Bonchev–Trinajstić information content (AvgIpc) is 2.68. The van der Waals surface area contributed by atoms with Gasteiger partial charge < -0.3 is 10.2 Å². The number of hydrogen-bond donors (Lipinski definition) is 1. The van der Waals surface area contributed by atoms with Crippen LogP contribution >= 0.6 is 15.9 Å². The number of carbonyl (C=O) groups is 1. The van der Waals surface area contributed by atoms with Gasteiger partial charge in [0.25, 0.3) is 0 Å². The van der Waals surface area contributed by atoms with Crippen molar-refractivity contribution in [2.75, 3.05) is 20.1 Å². The first-order valence-corrected chi connectivity index (χ1v) is 10.1. The van der Waals surface area contributed by atoms with Gasteiger partial charge in [0.05, 0.1) is 11.6 Å². The van der Waals surface area contributed by atoms with E-state index in [1.807, 2.05) is 6.07 Å². The molecule has 0 spiro atoms. The van der Waals surface area contributed by atoms with Gasteiger partial charge in [-0.2, -0.15) is 5.26 Å². The Morgan fingerprint density at radius 2 is 1.93 bits per heavy atom.